The Bertz CT molecular complexity index is 689. The second kappa shape index (κ2) is 9.29. The standard InChI is InChI=1S/C24H34N2O3/c27-23(12-17-8-10-20(11-9-17)19-4-2-1-3-5-19)25-21-13-22(14-21)26(16-24(28)29)15-18-6-7-18/h1-5,17-18,20-22H,6-16H2,(H,25,27)(H,28,29). The predicted molar refractivity (Wildman–Crippen MR) is 113 cm³/mol. The first kappa shape index (κ1) is 20.4. The molecule has 1 aromatic rings. The van der Waals surface area contributed by atoms with Crippen LogP contribution in [0, 0.1) is 11.8 Å². The summed E-state index contributed by atoms with van der Waals surface area (Å²) in [5.74, 6) is 1.28. The molecule has 0 aromatic heterocycles. The zero-order valence-corrected chi connectivity index (χ0v) is 17.3. The molecule has 0 aliphatic heterocycles. The zero-order chi connectivity index (χ0) is 20.2. The molecule has 5 heteroatoms. The maximum absolute atomic E-state index is 12.5. The van der Waals surface area contributed by atoms with Crippen molar-refractivity contribution in [2.24, 2.45) is 11.8 Å². The third-order valence-corrected chi connectivity index (χ3v) is 7.11. The average Bonchev–Trinajstić information content (AvgIpc) is 3.49. The summed E-state index contributed by atoms with van der Waals surface area (Å²) >= 11 is 0. The van der Waals surface area contributed by atoms with Gasteiger partial charge in [-0.15, -0.1) is 0 Å². The first-order chi connectivity index (χ1) is 14.1. The number of carboxylic acids is 1. The van der Waals surface area contributed by atoms with Gasteiger partial charge in [-0.25, -0.2) is 0 Å². The number of aliphatic carboxylic acids is 1. The van der Waals surface area contributed by atoms with E-state index in [4.69, 9.17) is 5.11 Å². The molecule has 3 aliphatic carbocycles. The lowest BCUT2D eigenvalue weighted by Gasteiger charge is -2.43. The van der Waals surface area contributed by atoms with E-state index in [0.717, 1.165) is 32.2 Å². The van der Waals surface area contributed by atoms with Crippen molar-refractivity contribution in [2.45, 2.75) is 75.8 Å². The van der Waals surface area contributed by atoms with Crippen LogP contribution in [0.25, 0.3) is 0 Å². The van der Waals surface area contributed by atoms with Crippen LogP contribution in [-0.2, 0) is 9.59 Å². The van der Waals surface area contributed by atoms with E-state index in [1.165, 1.54) is 31.2 Å². The van der Waals surface area contributed by atoms with Crippen LogP contribution in [0.3, 0.4) is 0 Å². The highest BCUT2D eigenvalue weighted by atomic mass is 16.4. The van der Waals surface area contributed by atoms with Crippen LogP contribution in [0.15, 0.2) is 30.3 Å². The highest BCUT2D eigenvalue weighted by Crippen LogP contribution is 2.37. The summed E-state index contributed by atoms with van der Waals surface area (Å²) in [6, 6.07) is 11.3. The third-order valence-electron chi connectivity index (χ3n) is 7.11. The van der Waals surface area contributed by atoms with Crippen molar-refractivity contribution >= 4 is 11.9 Å². The van der Waals surface area contributed by atoms with Crippen LogP contribution < -0.4 is 5.32 Å². The topological polar surface area (TPSA) is 69.6 Å². The SMILES string of the molecule is O=C(O)CN(CC1CC1)C1CC(NC(=O)CC2CCC(c3ccccc3)CC2)C1. The maximum Gasteiger partial charge on any atom is 0.317 e. The second-order valence-corrected chi connectivity index (χ2v) is 9.49. The average molecular weight is 399 g/mol. The van der Waals surface area contributed by atoms with E-state index >= 15 is 0 Å². The summed E-state index contributed by atoms with van der Waals surface area (Å²) in [6.07, 6.45) is 9.52. The number of hydrogen-bond donors (Lipinski definition) is 2. The number of carboxylic acid groups (broad SMARTS) is 1. The van der Waals surface area contributed by atoms with Crippen LogP contribution in [0.5, 0.6) is 0 Å². The number of carbonyl (C=O) groups is 2. The largest absolute Gasteiger partial charge is 0.480 e. The van der Waals surface area contributed by atoms with Gasteiger partial charge in [0.25, 0.3) is 0 Å². The molecule has 5 nitrogen and oxygen atoms in total. The van der Waals surface area contributed by atoms with Gasteiger partial charge in [0, 0.05) is 25.0 Å². The molecule has 1 amide bonds. The molecule has 0 bridgehead atoms. The van der Waals surface area contributed by atoms with Crippen LogP contribution in [0.1, 0.15) is 69.3 Å². The number of amides is 1. The zero-order valence-electron chi connectivity index (χ0n) is 17.3. The van der Waals surface area contributed by atoms with E-state index < -0.39 is 5.97 Å². The van der Waals surface area contributed by atoms with Gasteiger partial charge >= 0.3 is 5.97 Å². The van der Waals surface area contributed by atoms with Crippen molar-refractivity contribution in [1.82, 2.24) is 10.2 Å². The third kappa shape index (κ3) is 5.81. The van der Waals surface area contributed by atoms with E-state index in [0.29, 0.717) is 30.2 Å². The molecular formula is C24H34N2O3. The Morgan fingerprint density at radius 2 is 1.62 bits per heavy atom. The molecule has 158 valence electrons. The lowest BCUT2D eigenvalue weighted by molar-refractivity contribution is -0.140. The molecule has 0 unspecified atom stereocenters. The van der Waals surface area contributed by atoms with Crippen molar-refractivity contribution in [3.63, 3.8) is 0 Å². The number of benzene rings is 1. The summed E-state index contributed by atoms with van der Waals surface area (Å²) in [5.41, 5.74) is 1.44. The molecule has 0 heterocycles. The van der Waals surface area contributed by atoms with Crippen molar-refractivity contribution in [3.8, 4) is 0 Å². The van der Waals surface area contributed by atoms with Crippen LogP contribution in [-0.4, -0.2) is 47.1 Å². The van der Waals surface area contributed by atoms with E-state index in [-0.39, 0.29) is 18.5 Å². The molecule has 3 fully saturated rings. The van der Waals surface area contributed by atoms with Gasteiger partial charge in [-0.1, -0.05) is 30.3 Å². The van der Waals surface area contributed by atoms with Gasteiger partial charge in [0.2, 0.25) is 5.91 Å². The molecule has 0 radical (unpaired) electrons. The van der Waals surface area contributed by atoms with Gasteiger partial charge < -0.3 is 10.4 Å². The molecule has 0 saturated heterocycles. The monoisotopic (exact) mass is 398 g/mol. The van der Waals surface area contributed by atoms with Gasteiger partial charge in [-0.3, -0.25) is 14.5 Å². The lowest BCUT2D eigenvalue weighted by atomic mass is 9.77. The number of rotatable bonds is 9. The van der Waals surface area contributed by atoms with Crippen LogP contribution >= 0.6 is 0 Å². The Balaban J connectivity index is 1.15. The smallest absolute Gasteiger partial charge is 0.317 e. The lowest BCUT2D eigenvalue weighted by Crippen LogP contribution is -2.55. The minimum absolute atomic E-state index is 0.131. The highest BCUT2D eigenvalue weighted by molar-refractivity contribution is 5.76. The molecular weight excluding hydrogens is 364 g/mol. The van der Waals surface area contributed by atoms with Crippen molar-refractivity contribution in [3.05, 3.63) is 35.9 Å². The number of nitrogens with one attached hydrogen (secondary N) is 1. The van der Waals surface area contributed by atoms with Crippen LogP contribution in [0.4, 0.5) is 0 Å². The normalized spacial score (nSPS) is 29.3. The van der Waals surface area contributed by atoms with Gasteiger partial charge in [0.15, 0.2) is 0 Å². The minimum atomic E-state index is -0.746. The van der Waals surface area contributed by atoms with Gasteiger partial charge in [-0.05, 0) is 74.7 Å². The molecule has 3 saturated carbocycles. The number of nitrogens with zero attached hydrogens (tertiary/aromatic N) is 1. The summed E-state index contributed by atoms with van der Waals surface area (Å²) in [4.78, 5) is 25.7. The van der Waals surface area contributed by atoms with Gasteiger partial charge in [-0.2, -0.15) is 0 Å². The fourth-order valence-corrected chi connectivity index (χ4v) is 5.13. The molecule has 0 atom stereocenters. The van der Waals surface area contributed by atoms with E-state index in [2.05, 4.69) is 40.5 Å². The Morgan fingerprint density at radius 3 is 2.24 bits per heavy atom. The molecule has 3 aliphatic rings. The van der Waals surface area contributed by atoms with Crippen molar-refractivity contribution < 1.29 is 14.7 Å². The molecule has 29 heavy (non-hydrogen) atoms. The van der Waals surface area contributed by atoms with Gasteiger partial charge in [0.1, 0.15) is 0 Å². The molecule has 2 N–H and O–H groups in total. The van der Waals surface area contributed by atoms with E-state index in [9.17, 15) is 9.59 Å². The van der Waals surface area contributed by atoms with Crippen molar-refractivity contribution in [1.29, 1.82) is 0 Å². The fourth-order valence-electron chi connectivity index (χ4n) is 5.13. The molecule has 4 rings (SSSR count). The van der Waals surface area contributed by atoms with Gasteiger partial charge in [0.05, 0.1) is 6.54 Å². The molecule has 0 spiro atoms. The number of carbonyl (C=O) groups excluding carboxylic acids is 1. The summed E-state index contributed by atoms with van der Waals surface area (Å²) in [6.45, 7) is 1.04. The van der Waals surface area contributed by atoms with Crippen molar-refractivity contribution in [2.75, 3.05) is 13.1 Å². The number of hydrogen-bond acceptors (Lipinski definition) is 3. The maximum atomic E-state index is 12.5. The minimum Gasteiger partial charge on any atom is -0.480 e. The Kier molecular flexibility index (Phi) is 6.53. The summed E-state index contributed by atoms with van der Waals surface area (Å²) < 4.78 is 0. The molecule has 1 aromatic carbocycles. The predicted octanol–water partition coefficient (Wildman–Crippen LogP) is 3.79. The van der Waals surface area contributed by atoms with Crippen LogP contribution in [0.2, 0.25) is 0 Å². The Hall–Kier alpha value is -1.88. The Labute approximate surface area is 173 Å². The summed E-state index contributed by atoms with van der Waals surface area (Å²) in [5, 5.41) is 12.4. The van der Waals surface area contributed by atoms with E-state index in [1.54, 1.807) is 0 Å². The second-order valence-electron chi connectivity index (χ2n) is 9.49. The Morgan fingerprint density at radius 1 is 0.966 bits per heavy atom. The summed E-state index contributed by atoms with van der Waals surface area (Å²) in [7, 11) is 0. The first-order valence-electron chi connectivity index (χ1n) is 11.4. The quantitative estimate of drug-likeness (QED) is 0.664. The highest BCUT2D eigenvalue weighted by Gasteiger charge is 2.38. The van der Waals surface area contributed by atoms with E-state index in [1.807, 2.05) is 0 Å². The first-order valence-corrected chi connectivity index (χ1v) is 11.4. The fraction of sp³-hybridized carbons (Fsp3) is 0.667.